The smallest absolute Gasteiger partial charge is 0.140 e. The third-order valence-corrected chi connectivity index (χ3v) is 13.9. The fraction of sp³-hybridized carbons (Fsp3) is 0.674. The molecule has 1 aliphatic heterocycles. The minimum Gasteiger partial charge on any atom is -0.481 e. The Bertz CT molecular complexity index is 1580. The lowest BCUT2D eigenvalue weighted by Gasteiger charge is -2.41. The van der Waals surface area contributed by atoms with Crippen LogP contribution >= 0.6 is 34.4 Å². The van der Waals surface area contributed by atoms with Crippen LogP contribution in [0.15, 0.2) is 24.3 Å². The first-order chi connectivity index (χ1) is 23.7. The number of aryl methyl sites for hydroxylation is 2. The van der Waals surface area contributed by atoms with Crippen molar-refractivity contribution in [1.82, 2.24) is 8.75 Å². The van der Waals surface area contributed by atoms with Crippen LogP contribution in [0.5, 0.6) is 5.75 Å². The van der Waals surface area contributed by atoms with Crippen molar-refractivity contribution in [3.63, 3.8) is 0 Å². The van der Waals surface area contributed by atoms with Crippen LogP contribution < -0.4 is 4.74 Å². The molecule has 5 rings (SSSR count). The molecule has 0 radical (unpaired) electrons. The molecule has 4 heterocycles. The van der Waals surface area contributed by atoms with E-state index in [0.29, 0.717) is 11.8 Å². The van der Waals surface area contributed by atoms with Crippen molar-refractivity contribution >= 4 is 45.4 Å². The summed E-state index contributed by atoms with van der Waals surface area (Å²) in [5.41, 5.74) is 5.66. The van der Waals surface area contributed by atoms with Gasteiger partial charge in [0.2, 0.25) is 0 Å². The molecule has 0 bridgehead atoms. The quantitative estimate of drug-likeness (QED) is 0.0758. The first-order valence-electron chi connectivity index (χ1n) is 19.9. The van der Waals surface area contributed by atoms with Gasteiger partial charge in [0.15, 0.2) is 0 Å². The molecule has 3 atom stereocenters. The molecule has 3 aromatic heterocycles. The van der Waals surface area contributed by atoms with Gasteiger partial charge in [-0.15, -0.1) is 22.7 Å². The maximum Gasteiger partial charge on any atom is 0.140 e. The molecule has 3 nitrogen and oxygen atoms in total. The summed E-state index contributed by atoms with van der Waals surface area (Å²) in [7, 11) is 0. The van der Waals surface area contributed by atoms with Crippen LogP contribution in [0.4, 0.5) is 0 Å². The highest BCUT2D eigenvalue weighted by Gasteiger charge is 2.44. The van der Waals surface area contributed by atoms with E-state index in [-0.39, 0.29) is 5.60 Å². The van der Waals surface area contributed by atoms with E-state index >= 15 is 0 Å². The zero-order valence-corrected chi connectivity index (χ0v) is 34.2. The van der Waals surface area contributed by atoms with Crippen molar-refractivity contribution in [2.24, 2.45) is 17.8 Å². The zero-order chi connectivity index (χ0) is 34.8. The predicted molar refractivity (Wildman–Crippen MR) is 218 cm³/mol. The molecule has 0 amide bonds. The van der Waals surface area contributed by atoms with E-state index in [4.69, 9.17) is 9.11 Å². The molecule has 1 aromatic carbocycles. The summed E-state index contributed by atoms with van der Waals surface area (Å²) in [6, 6.07) is 9.32. The third-order valence-electron chi connectivity index (χ3n) is 11.0. The van der Waals surface area contributed by atoms with Gasteiger partial charge in [-0.3, -0.25) is 0 Å². The second-order valence-electron chi connectivity index (χ2n) is 15.8. The minimum absolute atomic E-state index is 0.264. The number of hydrogen-bond acceptors (Lipinski definition) is 6. The predicted octanol–water partition coefficient (Wildman–Crippen LogP) is 15.3. The molecule has 6 heteroatoms. The molecule has 49 heavy (non-hydrogen) atoms. The number of rotatable bonds is 22. The maximum absolute atomic E-state index is 7.57. The SMILES string of the molecule is CCCCCCCCC(CCCCCC)CC1(CCC(C)CCCC(C)C)Oc2cc(-c3ccc(C)c4nsnc34)sc2-c2sc(C)cc21. The average Bonchev–Trinajstić information content (AvgIpc) is 3.83. The van der Waals surface area contributed by atoms with Crippen molar-refractivity contribution in [3.8, 4) is 25.9 Å². The Hall–Kier alpha value is -1.76. The first-order valence-corrected chi connectivity index (χ1v) is 22.3. The highest BCUT2D eigenvalue weighted by Crippen LogP contribution is 2.58. The van der Waals surface area contributed by atoms with Gasteiger partial charge in [-0.05, 0) is 68.6 Å². The molecular weight excluding hydrogens is 657 g/mol. The van der Waals surface area contributed by atoms with E-state index in [1.807, 2.05) is 22.7 Å². The molecule has 0 saturated heterocycles. The van der Waals surface area contributed by atoms with E-state index in [9.17, 15) is 0 Å². The Kier molecular flexibility index (Phi) is 14.6. The highest BCUT2D eigenvalue weighted by atomic mass is 32.1. The Morgan fingerprint density at radius 3 is 2.14 bits per heavy atom. The molecule has 0 saturated carbocycles. The van der Waals surface area contributed by atoms with Crippen molar-refractivity contribution in [3.05, 3.63) is 40.3 Å². The number of hydrogen-bond donors (Lipinski definition) is 0. The van der Waals surface area contributed by atoms with Crippen molar-refractivity contribution < 1.29 is 4.74 Å². The zero-order valence-electron chi connectivity index (χ0n) is 31.8. The lowest BCUT2D eigenvalue weighted by Crippen LogP contribution is -2.38. The summed E-state index contributed by atoms with van der Waals surface area (Å²) in [5, 5.41) is 0. The molecule has 3 unspecified atom stereocenters. The van der Waals surface area contributed by atoms with Crippen molar-refractivity contribution in [2.75, 3.05) is 0 Å². The summed E-state index contributed by atoms with van der Waals surface area (Å²) in [5.74, 6) is 3.29. The number of unbranched alkanes of at least 4 members (excludes halogenated alkanes) is 8. The Morgan fingerprint density at radius 1 is 0.714 bits per heavy atom. The van der Waals surface area contributed by atoms with Crippen LogP contribution in [0.25, 0.3) is 31.2 Å². The second kappa shape index (κ2) is 18.6. The largest absolute Gasteiger partial charge is 0.481 e. The monoisotopic (exact) mass is 720 g/mol. The van der Waals surface area contributed by atoms with Crippen LogP contribution in [0.3, 0.4) is 0 Å². The molecule has 0 fully saturated rings. The fourth-order valence-corrected chi connectivity index (χ4v) is 11.0. The average molecular weight is 721 g/mol. The first kappa shape index (κ1) is 38.5. The molecule has 1 aliphatic rings. The van der Waals surface area contributed by atoms with E-state index in [0.717, 1.165) is 35.5 Å². The third kappa shape index (κ3) is 9.98. The van der Waals surface area contributed by atoms with Gasteiger partial charge in [0, 0.05) is 20.9 Å². The van der Waals surface area contributed by atoms with Gasteiger partial charge < -0.3 is 4.74 Å². The molecular formula is C43H64N2OS3. The van der Waals surface area contributed by atoms with Crippen LogP contribution in [0, 0.1) is 31.6 Å². The highest BCUT2D eigenvalue weighted by molar-refractivity contribution is 7.24. The molecule has 0 N–H and O–H groups in total. The second-order valence-corrected chi connectivity index (χ2v) is 18.7. The fourth-order valence-electron chi connectivity index (χ4n) is 8.04. The molecule has 270 valence electrons. The topological polar surface area (TPSA) is 35.0 Å². The summed E-state index contributed by atoms with van der Waals surface area (Å²) < 4.78 is 17.0. The Labute approximate surface area is 311 Å². The number of aromatic nitrogens is 2. The normalized spacial score (nSPS) is 17.0. The number of nitrogens with zero attached hydrogens (tertiary/aromatic N) is 2. The number of benzene rings is 1. The van der Waals surface area contributed by atoms with E-state index in [2.05, 4.69) is 77.1 Å². The van der Waals surface area contributed by atoms with Crippen LogP contribution in [0.2, 0.25) is 0 Å². The van der Waals surface area contributed by atoms with E-state index < -0.39 is 0 Å². The molecule has 4 aromatic rings. The van der Waals surface area contributed by atoms with Gasteiger partial charge in [0.05, 0.1) is 21.5 Å². The van der Waals surface area contributed by atoms with Gasteiger partial charge in [0.1, 0.15) is 22.4 Å². The van der Waals surface area contributed by atoms with Crippen LogP contribution in [-0.2, 0) is 5.60 Å². The maximum atomic E-state index is 7.57. The minimum atomic E-state index is -0.264. The standard InChI is InChI=1S/C43H64N2OS3/c1-8-10-12-14-15-17-22-34(21-16-13-11-9-2)29-43(26-25-31(5)20-18-19-30(3)4)36-27-33(7)47-41(36)42-37(46-43)28-38(48-42)35-24-23-32(6)39-40(35)45-49-44-39/h23-24,27-28,30-31,34H,8-22,25-26,29H2,1-7H3. The van der Waals surface area contributed by atoms with Gasteiger partial charge in [-0.25, -0.2) is 0 Å². The van der Waals surface area contributed by atoms with E-state index in [1.54, 1.807) is 0 Å². The summed E-state index contributed by atoms with van der Waals surface area (Å²) in [4.78, 5) is 5.44. The number of thiophene rings is 2. The van der Waals surface area contributed by atoms with Gasteiger partial charge in [-0.1, -0.05) is 143 Å². The number of ether oxygens (including phenoxy) is 1. The van der Waals surface area contributed by atoms with Crippen molar-refractivity contribution in [2.45, 2.75) is 170 Å². The van der Waals surface area contributed by atoms with Gasteiger partial charge in [0.25, 0.3) is 0 Å². The van der Waals surface area contributed by atoms with Crippen molar-refractivity contribution in [1.29, 1.82) is 0 Å². The van der Waals surface area contributed by atoms with Crippen LogP contribution in [-0.4, -0.2) is 8.75 Å². The summed E-state index contributed by atoms with van der Waals surface area (Å²) in [6.07, 6.45) is 23.7. The van der Waals surface area contributed by atoms with Gasteiger partial charge >= 0.3 is 0 Å². The number of fused-ring (bicyclic) bond motifs is 4. The van der Waals surface area contributed by atoms with E-state index in [1.165, 1.54) is 151 Å². The summed E-state index contributed by atoms with van der Waals surface area (Å²) >= 11 is 5.20. The van der Waals surface area contributed by atoms with Gasteiger partial charge in [-0.2, -0.15) is 8.75 Å². The Morgan fingerprint density at radius 2 is 1.41 bits per heavy atom. The molecule has 0 spiro atoms. The Balaban J connectivity index is 1.47. The lowest BCUT2D eigenvalue weighted by atomic mass is 9.75. The summed E-state index contributed by atoms with van der Waals surface area (Å²) in [6.45, 7) is 16.3. The lowest BCUT2D eigenvalue weighted by molar-refractivity contribution is 0.0186. The van der Waals surface area contributed by atoms with Crippen LogP contribution in [0.1, 0.15) is 166 Å². The molecule has 0 aliphatic carbocycles.